The number of hydrogen-bond acceptors (Lipinski definition) is 4. The van der Waals surface area contributed by atoms with Gasteiger partial charge in [-0.05, 0) is 47.1 Å². The SMILES string of the molecule is Cc1nc2c(C)cc(B3OC(C)(C)C(C)(C)O3)cn2n1. The number of fused-ring (bicyclic) bond motifs is 1. The van der Waals surface area contributed by atoms with Crippen LogP contribution in [0.3, 0.4) is 0 Å². The van der Waals surface area contributed by atoms with Crippen molar-refractivity contribution in [2.75, 3.05) is 0 Å². The first-order valence-electron chi connectivity index (χ1n) is 6.89. The second kappa shape index (κ2) is 4.05. The molecule has 1 saturated heterocycles. The van der Waals surface area contributed by atoms with Crippen molar-refractivity contribution < 1.29 is 9.31 Å². The Morgan fingerprint density at radius 2 is 1.70 bits per heavy atom. The molecular formula is C14H20BN3O2. The highest BCUT2D eigenvalue weighted by Crippen LogP contribution is 2.36. The molecule has 1 aliphatic heterocycles. The lowest BCUT2D eigenvalue weighted by Crippen LogP contribution is -2.41. The topological polar surface area (TPSA) is 48.7 Å². The van der Waals surface area contributed by atoms with Gasteiger partial charge in [-0.15, -0.1) is 0 Å². The van der Waals surface area contributed by atoms with Crippen LogP contribution >= 0.6 is 0 Å². The van der Waals surface area contributed by atoms with Crippen molar-refractivity contribution in [3.05, 3.63) is 23.7 Å². The summed E-state index contributed by atoms with van der Waals surface area (Å²) in [6.45, 7) is 12.1. The van der Waals surface area contributed by atoms with Crippen LogP contribution in [-0.2, 0) is 9.31 Å². The molecule has 5 nitrogen and oxygen atoms in total. The molecule has 0 unspecified atom stereocenters. The van der Waals surface area contributed by atoms with E-state index in [1.165, 1.54) is 0 Å². The van der Waals surface area contributed by atoms with Crippen LogP contribution in [0, 0.1) is 13.8 Å². The predicted molar refractivity (Wildman–Crippen MR) is 78.2 cm³/mol. The molecular weight excluding hydrogens is 253 g/mol. The summed E-state index contributed by atoms with van der Waals surface area (Å²) in [4.78, 5) is 4.41. The molecule has 0 aliphatic carbocycles. The van der Waals surface area contributed by atoms with Crippen LogP contribution in [-0.4, -0.2) is 32.9 Å². The Bertz CT molecular complexity index is 662. The zero-order chi connectivity index (χ0) is 14.7. The van der Waals surface area contributed by atoms with E-state index in [9.17, 15) is 0 Å². The van der Waals surface area contributed by atoms with Gasteiger partial charge in [0, 0.05) is 11.7 Å². The van der Waals surface area contributed by atoms with Crippen molar-refractivity contribution in [1.82, 2.24) is 14.6 Å². The van der Waals surface area contributed by atoms with Gasteiger partial charge in [0.25, 0.3) is 0 Å². The van der Waals surface area contributed by atoms with E-state index in [2.05, 4.69) is 43.8 Å². The molecule has 0 atom stereocenters. The van der Waals surface area contributed by atoms with Crippen LogP contribution in [0.1, 0.15) is 39.1 Å². The third-order valence-corrected chi connectivity index (χ3v) is 4.27. The van der Waals surface area contributed by atoms with Gasteiger partial charge in [-0.1, -0.05) is 6.07 Å². The minimum absolute atomic E-state index is 0.335. The first-order valence-corrected chi connectivity index (χ1v) is 6.89. The first kappa shape index (κ1) is 13.6. The third-order valence-electron chi connectivity index (χ3n) is 4.27. The summed E-state index contributed by atoms with van der Waals surface area (Å²) in [5.74, 6) is 0.763. The number of hydrogen-bond donors (Lipinski definition) is 0. The van der Waals surface area contributed by atoms with E-state index in [1.54, 1.807) is 4.52 Å². The highest BCUT2D eigenvalue weighted by Gasteiger charge is 2.51. The van der Waals surface area contributed by atoms with E-state index >= 15 is 0 Å². The van der Waals surface area contributed by atoms with E-state index in [4.69, 9.17) is 9.31 Å². The maximum Gasteiger partial charge on any atom is 0.496 e. The Morgan fingerprint density at radius 3 is 2.30 bits per heavy atom. The molecule has 106 valence electrons. The molecule has 1 fully saturated rings. The molecule has 0 saturated carbocycles. The van der Waals surface area contributed by atoms with Gasteiger partial charge in [-0.3, -0.25) is 0 Å². The smallest absolute Gasteiger partial charge is 0.399 e. The van der Waals surface area contributed by atoms with E-state index < -0.39 is 0 Å². The molecule has 6 heteroatoms. The highest BCUT2D eigenvalue weighted by atomic mass is 16.7. The van der Waals surface area contributed by atoms with Crippen molar-refractivity contribution >= 4 is 18.2 Å². The van der Waals surface area contributed by atoms with Gasteiger partial charge in [0.2, 0.25) is 0 Å². The second-order valence-corrected chi connectivity index (χ2v) is 6.47. The quantitative estimate of drug-likeness (QED) is 0.741. The zero-order valence-corrected chi connectivity index (χ0v) is 12.9. The molecule has 20 heavy (non-hydrogen) atoms. The molecule has 0 amide bonds. The largest absolute Gasteiger partial charge is 0.496 e. The molecule has 3 rings (SSSR count). The maximum absolute atomic E-state index is 6.08. The lowest BCUT2D eigenvalue weighted by Gasteiger charge is -2.32. The van der Waals surface area contributed by atoms with Gasteiger partial charge in [0.15, 0.2) is 5.65 Å². The summed E-state index contributed by atoms with van der Waals surface area (Å²) in [6, 6.07) is 2.06. The summed E-state index contributed by atoms with van der Waals surface area (Å²) in [5.41, 5.74) is 2.25. The van der Waals surface area contributed by atoms with Crippen LogP contribution in [0.25, 0.3) is 5.65 Å². The minimum Gasteiger partial charge on any atom is -0.399 e. The molecule has 0 N–H and O–H groups in total. The van der Waals surface area contributed by atoms with E-state index in [0.29, 0.717) is 0 Å². The van der Waals surface area contributed by atoms with Gasteiger partial charge >= 0.3 is 7.12 Å². The number of nitrogens with zero attached hydrogens (tertiary/aromatic N) is 3. The Kier molecular flexibility index (Phi) is 2.75. The van der Waals surface area contributed by atoms with Gasteiger partial charge in [0.05, 0.1) is 11.2 Å². The predicted octanol–water partition coefficient (Wildman–Crippen LogP) is 1.65. The molecule has 0 spiro atoms. The molecule has 3 heterocycles. The fraction of sp³-hybridized carbons (Fsp3) is 0.571. The van der Waals surface area contributed by atoms with Gasteiger partial charge in [-0.2, -0.15) is 5.10 Å². The summed E-state index contributed by atoms with van der Waals surface area (Å²) in [6.07, 6.45) is 1.94. The Morgan fingerprint density at radius 1 is 1.10 bits per heavy atom. The van der Waals surface area contributed by atoms with Crippen LogP contribution < -0.4 is 5.46 Å². The normalized spacial score (nSPS) is 20.8. The van der Waals surface area contributed by atoms with E-state index in [1.807, 2.05) is 20.0 Å². The van der Waals surface area contributed by atoms with Crippen LogP contribution in [0.5, 0.6) is 0 Å². The van der Waals surface area contributed by atoms with E-state index in [-0.39, 0.29) is 18.3 Å². The fourth-order valence-electron chi connectivity index (χ4n) is 2.39. The zero-order valence-electron chi connectivity index (χ0n) is 12.9. The third kappa shape index (κ3) is 1.94. The molecule has 0 bridgehead atoms. The average molecular weight is 273 g/mol. The maximum atomic E-state index is 6.08. The van der Waals surface area contributed by atoms with Crippen LogP contribution in [0.15, 0.2) is 12.3 Å². The second-order valence-electron chi connectivity index (χ2n) is 6.47. The molecule has 0 aromatic carbocycles. The summed E-state index contributed by atoms with van der Waals surface area (Å²) < 4.78 is 14.0. The lowest BCUT2D eigenvalue weighted by molar-refractivity contribution is 0.00578. The fourth-order valence-corrected chi connectivity index (χ4v) is 2.39. The number of aromatic nitrogens is 3. The Hall–Kier alpha value is -1.40. The molecule has 1 aliphatic rings. The average Bonchev–Trinajstić information content (AvgIpc) is 2.77. The first-order chi connectivity index (χ1) is 9.19. The monoisotopic (exact) mass is 273 g/mol. The summed E-state index contributed by atoms with van der Waals surface area (Å²) in [7, 11) is -0.368. The van der Waals surface area contributed by atoms with E-state index in [0.717, 1.165) is 22.5 Å². The minimum atomic E-state index is -0.368. The summed E-state index contributed by atoms with van der Waals surface area (Å²) >= 11 is 0. The van der Waals surface area contributed by atoms with Crippen molar-refractivity contribution in [1.29, 1.82) is 0 Å². The van der Waals surface area contributed by atoms with Gasteiger partial charge in [-0.25, -0.2) is 9.50 Å². The van der Waals surface area contributed by atoms with Crippen molar-refractivity contribution in [2.45, 2.75) is 52.7 Å². The highest BCUT2D eigenvalue weighted by molar-refractivity contribution is 6.62. The molecule has 2 aromatic rings. The summed E-state index contributed by atoms with van der Waals surface area (Å²) in [5, 5.41) is 4.37. The number of aryl methyl sites for hydroxylation is 2. The Labute approximate surface area is 119 Å². The number of rotatable bonds is 1. The molecule has 2 aromatic heterocycles. The molecule has 0 radical (unpaired) electrons. The van der Waals surface area contributed by atoms with Gasteiger partial charge in [0.1, 0.15) is 5.82 Å². The lowest BCUT2D eigenvalue weighted by atomic mass is 9.80. The standard InChI is InChI=1S/C14H20BN3O2/c1-9-7-11(8-18-12(9)16-10(2)17-18)15-19-13(3,4)14(5,6)20-15/h7-8H,1-6H3. The number of pyridine rings is 1. The van der Waals surface area contributed by atoms with Crippen molar-refractivity contribution in [3.63, 3.8) is 0 Å². The Balaban J connectivity index is 2.04. The van der Waals surface area contributed by atoms with Crippen molar-refractivity contribution in [3.8, 4) is 0 Å². The van der Waals surface area contributed by atoms with Gasteiger partial charge < -0.3 is 9.31 Å². The van der Waals surface area contributed by atoms with Crippen LogP contribution in [0.2, 0.25) is 0 Å². The van der Waals surface area contributed by atoms with Crippen molar-refractivity contribution in [2.24, 2.45) is 0 Å². The van der Waals surface area contributed by atoms with Crippen LogP contribution in [0.4, 0.5) is 0 Å².